The number of benzene rings is 2. The summed E-state index contributed by atoms with van der Waals surface area (Å²) in [5, 5.41) is 11.4. The summed E-state index contributed by atoms with van der Waals surface area (Å²) in [5.74, 6) is -0.358. The van der Waals surface area contributed by atoms with Crippen molar-refractivity contribution in [3.8, 4) is 0 Å². The Labute approximate surface area is 196 Å². The fraction of sp³-hybridized carbons (Fsp3) is 0.500. The molecule has 1 saturated carbocycles. The number of aliphatic hydroxyl groups is 1. The van der Waals surface area contributed by atoms with E-state index in [1.165, 1.54) is 10.5 Å². The summed E-state index contributed by atoms with van der Waals surface area (Å²) < 4.78 is 6.10. The summed E-state index contributed by atoms with van der Waals surface area (Å²) in [4.78, 5) is 27.3. The van der Waals surface area contributed by atoms with E-state index in [1.54, 1.807) is 0 Å². The van der Waals surface area contributed by atoms with Gasteiger partial charge in [-0.2, -0.15) is 0 Å². The molecule has 1 aliphatic heterocycles. The van der Waals surface area contributed by atoms with Gasteiger partial charge in [-0.1, -0.05) is 87.9 Å². The monoisotopic (exact) mass is 449 g/mol. The van der Waals surface area contributed by atoms with Crippen LogP contribution in [-0.4, -0.2) is 33.7 Å². The Balaban J connectivity index is 1.56. The minimum atomic E-state index is -1.92. The van der Waals surface area contributed by atoms with Crippen LogP contribution in [0.5, 0.6) is 0 Å². The topological polar surface area (TPSA) is 66.8 Å². The van der Waals surface area contributed by atoms with Gasteiger partial charge in [0.05, 0.1) is 0 Å². The van der Waals surface area contributed by atoms with Crippen LogP contribution in [-0.2, 0) is 26.3 Å². The number of hydrogen-bond acceptors (Lipinski definition) is 4. The molecule has 0 aromatic heterocycles. The lowest BCUT2D eigenvalue weighted by molar-refractivity contribution is -0.197. The predicted molar refractivity (Wildman–Crippen MR) is 127 cm³/mol. The molecule has 2 fully saturated rings. The molecule has 2 aliphatic rings. The smallest absolute Gasteiger partial charge is 0.360 e. The van der Waals surface area contributed by atoms with Crippen molar-refractivity contribution >= 4 is 11.9 Å². The lowest BCUT2D eigenvalue weighted by atomic mass is 9.64. The van der Waals surface area contributed by atoms with Gasteiger partial charge in [0, 0.05) is 25.3 Å². The van der Waals surface area contributed by atoms with Crippen molar-refractivity contribution in [2.24, 2.45) is 11.8 Å². The highest BCUT2D eigenvalue weighted by molar-refractivity contribution is 5.90. The Morgan fingerprint density at radius 2 is 1.73 bits per heavy atom. The summed E-state index contributed by atoms with van der Waals surface area (Å²) in [6.07, 6.45) is 2.68. The third-order valence-electron chi connectivity index (χ3n) is 7.70. The molecule has 1 unspecified atom stereocenters. The normalized spacial score (nSPS) is 28.1. The zero-order chi connectivity index (χ0) is 23.6. The standard InChI is InChI=1S/C28H35NO4/c1-20-14-15-23(27(2,3)22-12-8-5-9-13-22)24(18-20)33-26(31)28(32)17-16-25(30)29(28)19-21-10-6-4-7-11-21/h4-13,20,23-24,32H,14-19H2,1-3H3/t20-,23-,24-,28?/m1/s1. The average Bonchev–Trinajstić information content (AvgIpc) is 3.10. The summed E-state index contributed by atoms with van der Waals surface area (Å²) in [6, 6.07) is 19.8. The minimum Gasteiger partial charge on any atom is -0.458 e. The Morgan fingerprint density at radius 1 is 1.09 bits per heavy atom. The van der Waals surface area contributed by atoms with Gasteiger partial charge in [-0.3, -0.25) is 4.79 Å². The first-order valence-corrected chi connectivity index (χ1v) is 12.0. The van der Waals surface area contributed by atoms with Crippen molar-refractivity contribution in [2.75, 3.05) is 0 Å². The SMILES string of the molecule is C[C@@H]1CC[C@@H](C(C)(C)c2ccccc2)[C@H](OC(=O)C2(O)CCC(=O)N2Cc2ccccc2)C1. The largest absolute Gasteiger partial charge is 0.458 e. The van der Waals surface area contributed by atoms with E-state index in [0.29, 0.717) is 5.92 Å². The molecule has 176 valence electrons. The maximum absolute atomic E-state index is 13.4. The van der Waals surface area contributed by atoms with Crippen LogP contribution in [0.3, 0.4) is 0 Å². The number of carbonyl (C=O) groups excluding carboxylic acids is 2. The van der Waals surface area contributed by atoms with Crippen molar-refractivity contribution in [1.82, 2.24) is 4.90 Å². The van der Waals surface area contributed by atoms with Gasteiger partial charge < -0.3 is 14.7 Å². The number of rotatable bonds is 6. The zero-order valence-electron chi connectivity index (χ0n) is 19.9. The fourth-order valence-corrected chi connectivity index (χ4v) is 5.55. The first-order valence-electron chi connectivity index (χ1n) is 12.0. The van der Waals surface area contributed by atoms with Gasteiger partial charge >= 0.3 is 5.97 Å². The number of hydrogen-bond donors (Lipinski definition) is 1. The molecule has 1 heterocycles. The van der Waals surface area contributed by atoms with E-state index in [0.717, 1.165) is 24.8 Å². The van der Waals surface area contributed by atoms with Crippen molar-refractivity contribution < 1.29 is 19.4 Å². The van der Waals surface area contributed by atoms with Gasteiger partial charge in [0.25, 0.3) is 0 Å². The molecule has 5 nitrogen and oxygen atoms in total. The van der Waals surface area contributed by atoms with Gasteiger partial charge in [0.1, 0.15) is 6.10 Å². The third kappa shape index (κ3) is 4.70. The van der Waals surface area contributed by atoms with Crippen LogP contribution in [0, 0.1) is 11.8 Å². The van der Waals surface area contributed by atoms with Gasteiger partial charge in [0.2, 0.25) is 11.6 Å². The highest BCUT2D eigenvalue weighted by atomic mass is 16.6. The van der Waals surface area contributed by atoms with E-state index in [4.69, 9.17) is 4.74 Å². The molecule has 33 heavy (non-hydrogen) atoms. The lowest BCUT2D eigenvalue weighted by Gasteiger charge is -2.45. The zero-order valence-corrected chi connectivity index (χ0v) is 19.9. The van der Waals surface area contributed by atoms with E-state index in [1.807, 2.05) is 48.5 Å². The second-order valence-corrected chi connectivity index (χ2v) is 10.3. The molecule has 4 atom stereocenters. The number of esters is 1. The first-order chi connectivity index (χ1) is 15.7. The predicted octanol–water partition coefficient (Wildman–Crippen LogP) is 4.82. The van der Waals surface area contributed by atoms with Crippen molar-refractivity contribution in [1.29, 1.82) is 0 Å². The van der Waals surface area contributed by atoms with Crippen molar-refractivity contribution in [3.05, 3.63) is 71.8 Å². The quantitative estimate of drug-likeness (QED) is 0.642. The molecule has 0 spiro atoms. The summed E-state index contributed by atoms with van der Waals surface area (Å²) in [6.45, 7) is 6.78. The second-order valence-electron chi connectivity index (χ2n) is 10.3. The van der Waals surface area contributed by atoms with Crippen LogP contribution >= 0.6 is 0 Å². The van der Waals surface area contributed by atoms with E-state index < -0.39 is 11.7 Å². The molecule has 0 radical (unpaired) electrons. The number of carbonyl (C=O) groups is 2. The average molecular weight is 450 g/mol. The van der Waals surface area contributed by atoms with Gasteiger partial charge in [-0.25, -0.2) is 4.79 Å². The Morgan fingerprint density at radius 3 is 2.39 bits per heavy atom. The number of amides is 1. The van der Waals surface area contributed by atoms with Crippen LogP contribution in [0.4, 0.5) is 0 Å². The maximum atomic E-state index is 13.4. The summed E-state index contributed by atoms with van der Waals surface area (Å²) in [7, 11) is 0. The number of likely N-dealkylation sites (tertiary alicyclic amines) is 1. The molecule has 2 aromatic carbocycles. The van der Waals surface area contributed by atoms with Crippen LogP contribution < -0.4 is 0 Å². The number of ether oxygens (including phenoxy) is 1. The number of nitrogens with zero attached hydrogens (tertiary/aromatic N) is 1. The van der Waals surface area contributed by atoms with Crippen LogP contribution in [0.25, 0.3) is 0 Å². The maximum Gasteiger partial charge on any atom is 0.360 e. The minimum absolute atomic E-state index is 0.0620. The molecule has 1 saturated heterocycles. The Bertz CT molecular complexity index is 974. The molecular formula is C28H35NO4. The molecule has 0 bridgehead atoms. The van der Waals surface area contributed by atoms with Crippen molar-refractivity contribution in [3.63, 3.8) is 0 Å². The Kier molecular flexibility index (Phi) is 6.62. The fourth-order valence-electron chi connectivity index (χ4n) is 5.55. The summed E-state index contributed by atoms with van der Waals surface area (Å²) >= 11 is 0. The molecule has 1 aliphatic carbocycles. The van der Waals surface area contributed by atoms with Gasteiger partial charge in [-0.15, -0.1) is 0 Å². The van der Waals surface area contributed by atoms with Gasteiger partial charge in [-0.05, 0) is 35.3 Å². The molecule has 1 amide bonds. The van der Waals surface area contributed by atoms with Crippen molar-refractivity contribution in [2.45, 2.75) is 76.7 Å². The van der Waals surface area contributed by atoms with E-state index >= 15 is 0 Å². The highest BCUT2D eigenvalue weighted by Crippen LogP contribution is 2.44. The van der Waals surface area contributed by atoms with Crippen LogP contribution in [0.2, 0.25) is 0 Å². The van der Waals surface area contributed by atoms with E-state index in [-0.39, 0.29) is 42.7 Å². The summed E-state index contributed by atoms with van der Waals surface area (Å²) in [5.41, 5.74) is -0.0291. The molecule has 4 rings (SSSR count). The molecule has 1 N–H and O–H groups in total. The third-order valence-corrected chi connectivity index (χ3v) is 7.70. The van der Waals surface area contributed by atoms with E-state index in [9.17, 15) is 14.7 Å². The Hall–Kier alpha value is -2.66. The van der Waals surface area contributed by atoms with Gasteiger partial charge in [0.15, 0.2) is 0 Å². The highest BCUT2D eigenvalue weighted by Gasteiger charge is 2.53. The molecule has 5 heteroatoms. The molecule has 2 aromatic rings. The first kappa shape index (κ1) is 23.5. The molecular weight excluding hydrogens is 414 g/mol. The van der Waals surface area contributed by atoms with E-state index in [2.05, 4.69) is 32.9 Å². The van der Waals surface area contributed by atoms with Crippen LogP contribution in [0.1, 0.15) is 64.0 Å². The lowest BCUT2D eigenvalue weighted by Crippen LogP contribution is -2.54. The van der Waals surface area contributed by atoms with Crippen LogP contribution in [0.15, 0.2) is 60.7 Å². The second kappa shape index (κ2) is 9.30.